The van der Waals surface area contributed by atoms with Crippen LogP contribution in [0.3, 0.4) is 0 Å². The summed E-state index contributed by atoms with van der Waals surface area (Å²) in [5.74, 6) is 0.183. The van der Waals surface area contributed by atoms with Gasteiger partial charge in [-0.15, -0.1) is 0 Å². The van der Waals surface area contributed by atoms with Crippen molar-refractivity contribution in [3.05, 3.63) is 30.1 Å². The summed E-state index contributed by atoms with van der Waals surface area (Å²) < 4.78 is 0. The Bertz CT molecular complexity index is 355. The van der Waals surface area contributed by atoms with Crippen LogP contribution in [-0.4, -0.2) is 16.3 Å². The van der Waals surface area contributed by atoms with E-state index in [9.17, 15) is 5.11 Å². The van der Waals surface area contributed by atoms with Crippen molar-refractivity contribution in [2.45, 2.75) is 6.42 Å². The van der Waals surface area contributed by atoms with Gasteiger partial charge in [-0.1, -0.05) is 6.08 Å². The zero-order valence-corrected chi connectivity index (χ0v) is 6.44. The number of pyridine rings is 1. The second-order valence-electron chi connectivity index (χ2n) is 2.53. The Morgan fingerprint density at radius 3 is 3.00 bits per heavy atom. The van der Waals surface area contributed by atoms with Gasteiger partial charge < -0.3 is 5.11 Å². The third-order valence-electron chi connectivity index (χ3n) is 1.72. The Morgan fingerprint density at radius 2 is 2.33 bits per heavy atom. The maximum absolute atomic E-state index is 9.39. The predicted molar refractivity (Wildman–Crippen MR) is 47.0 cm³/mol. The Kier molecular flexibility index (Phi) is 1.63. The Hall–Kier alpha value is -1.64. The highest BCUT2D eigenvalue weighted by atomic mass is 16.3. The van der Waals surface area contributed by atoms with Crippen LogP contribution in [-0.2, 0) is 0 Å². The third-order valence-corrected chi connectivity index (χ3v) is 1.72. The van der Waals surface area contributed by atoms with Crippen molar-refractivity contribution < 1.29 is 5.11 Å². The lowest BCUT2D eigenvalue weighted by molar-refractivity contribution is 0.471. The molecule has 0 aromatic carbocycles. The van der Waals surface area contributed by atoms with Crippen LogP contribution in [0, 0.1) is 0 Å². The maximum atomic E-state index is 9.39. The summed E-state index contributed by atoms with van der Waals surface area (Å²) in [4.78, 5) is 7.90. The summed E-state index contributed by atoms with van der Waals surface area (Å²) in [5, 5.41) is 9.39. The zero-order chi connectivity index (χ0) is 8.39. The molecule has 0 atom stereocenters. The van der Waals surface area contributed by atoms with Crippen LogP contribution in [0.5, 0.6) is 5.75 Å². The minimum Gasteiger partial charge on any atom is -0.506 e. The first-order valence-electron chi connectivity index (χ1n) is 3.74. The zero-order valence-electron chi connectivity index (χ0n) is 6.44. The fraction of sp³-hybridized carbons (Fsp3) is 0.111. The lowest BCUT2D eigenvalue weighted by atomic mass is 10.2. The Balaban J connectivity index is 2.46. The normalized spacial score (nSPS) is 14.8. The molecule has 0 spiro atoms. The van der Waals surface area contributed by atoms with E-state index in [2.05, 4.69) is 9.98 Å². The Labute approximate surface area is 70.1 Å². The number of aromatic nitrogens is 1. The molecule has 60 valence electrons. The van der Waals surface area contributed by atoms with Gasteiger partial charge in [0.05, 0.1) is 11.9 Å². The van der Waals surface area contributed by atoms with Crippen LogP contribution in [0.1, 0.15) is 12.0 Å². The van der Waals surface area contributed by atoms with Gasteiger partial charge in [0.25, 0.3) is 0 Å². The smallest absolute Gasteiger partial charge is 0.143 e. The molecule has 1 aliphatic rings. The van der Waals surface area contributed by atoms with Crippen LogP contribution in [0.4, 0.5) is 0 Å². The molecule has 0 unspecified atom stereocenters. The molecule has 3 nitrogen and oxygen atoms in total. The number of hydrogen-bond acceptors (Lipinski definition) is 3. The van der Waals surface area contributed by atoms with Crippen molar-refractivity contribution in [3.8, 4) is 5.75 Å². The SMILES string of the molecule is Oc1cnccc1C1=CCC=N1. The monoisotopic (exact) mass is 160 g/mol. The van der Waals surface area contributed by atoms with Gasteiger partial charge in [-0.05, 0) is 6.07 Å². The number of aromatic hydroxyl groups is 1. The van der Waals surface area contributed by atoms with E-state index < -0.39 is 0 Å². The van der Waals surface area contributed by atoms with Crippen LogP contribution in [0.2, 0.25) is 0 Å². The van der Waals surface area contributed by atoms with Crippen molar-refractivity contribution in [2.24, 2.45) is 4.99 Å². The van der Waals surface area contributed by atoms with Crippen LogP contribution in [0.25, 0.3) is 5.70 Å². The molecule has 12 heavy (non-hydrogen) atoms. The Morgan fingerprint density at radius 1 is 1.42 bits per heavy atom. The van der Waals surface area contributed by atoms with Crippen LogP contribution < -0.4 is 0 Å². The van der Waals surface area contributed by atoms with Crippen molar-refractivity contribution in [2.75, 3.05) is 0 Å². The predicted octanol–water partition coefficient (Wildman–Crippen LogP) is 1.60. The molecule has 2 rings (SSSR count). The summed E-state index contributed by atoms with van der Waals surface area (Å²) in [6.07, 6.45) is 7.69. The summed E-state index contributed by atoms with van der Waals surface area (Å²) >= 11 is 0. The molecular weight excluding hydrogens is 152 g/mol. The van der Waals surface area contributed by atoms with Gasteiger partial charge in [0.2, 0.25) is 0 Å². The molecule has 2 heterocycles. The van der Waals surface area contributed by atoms with Crippen LogP contribution in [0.15, 0.2) is 29.5 Å². The van der Waals surface area contributed by atoms with Gasteiger partial charge in [0.15, 0.2) is 0 Å². The molecule has 0 radical (unpaired) electrons. The molecule has 0 saturated carbocycles. The van der Waals surface area contributed by atoms with E-state index in [0.29, 0.717) is 0 Å². The average Bonchev–Trinajstić information content (AvgIpc) is 2.57. The molecule has 1 aliphatic heterocycles. The quantitative estimate of drug-likeness (QED) is 0.678. The van der Waals surface area contributed by atoms with Gasteiger partial charge in [0.1, 0.15) is 5.75 Å². The van der Waals surface area contributed by atoms with E-state index >= 15 is 0 Å². The highest BCUT2D eigenvalue weighted by molar-refractivity contribution is 5.82. The van der Waals surface area contributed by atoms with Crippen LogP contribution >= 0.6 is 0 Å². The first kappa shape index (κ1) is 7.03. The molecule has 1 aromatic heterocycles. The van der Waals surface area contributed by atoms with Crippen molar-refractivity contribution in [3.63, 3.8) is 0 Å². The average molecular weight is 160 g/mol. The van der Waals surface area contributed by atoms with E-state index in [1.54, 1.807) is 12.3 Å². The van der Waals surface area contributed by atoms with Gasteiger partial charge in [-0.25, -0.2) is 0 Å². The van der Waals surface area contributed by atoms with Gasteiger partial charge >= 0.3 is 0 Å². The first-order valence-corrected chi connectivity index (χ1v) is 3.74. The van der Waals surface area contributed by atoms with E-state index in [0.717, 1.165) is 17.7 Å². The van der Waals surface area contributed by atoms with Gasteiger partial charge in [0, 0.05) is 24.4 Å². The summed E-state index contributed by atoms with van der Waals surface area (Å²) in [7, 11) is 0. The van der Waals surface area contributed by atoms with E-state index in [4.69, 9.17) is 0 Å². The maximum Gasteiger partial charge on any atom is 0.143 e. The molecule has 0 saturated heterocycles. The number of nitrogens with zero attached hydrogens (tertiary/aromatic N) is 2. The van der Waals surface area contributed by atoms with E-state index in [-0.39, 0.29) is 5.75 Å². The minimum absolute atomic E-state index is 0.183. The van der Waals surface area contributed by atoms with Crippen molar-refractivity contribution >= 4 is 11.9 Å². The fourth-order valence-electron chi connectivity index (χ4n) is 1.15. The standard InChI is InChI=1S/C9H8N2O/c12-9-6-10-5-3-7(9)8-2-1-4-11-8/h2-6,12H,1H2. The second-order valence-corrected chi connectivity index (χ2v) is 2.53. The molecule has 1 N–H and O–H groups in total. The number of aliphatic imine (C=N–C) groups is 1. The third kappa shape index (κ3) is 1.09. The molecular formula is C9H8N2O. The largest absolute Gasteiger partial charge is 0.506 e. The van der Waals surface area contributed by atoms with Gasteiger partial charge in [-0.3, -0.25) is 9.98 Å². The summed E-state index contributed by atoms with van der Waals surface area (Å²) in [6, 6.07) is 1.75. The fourth-order valence-corrected chi connectivity index (χ4v) is 1.15. The lowest BCUT2D eigenvalue weighted by Gasteiger charge is -2.00. The number of hydrogen-bond donors (Lipinski definition) is 1. The van der Waals surface area contributed by atoms with Crippen molar-refractivity contribution in [1.82, 2.24) is 4.98 Å². The topological polar surface area (TPSA) is 45.5 Å². The highest BCUT2D eigenvalue weighted by Gasteiger charge is 2.06. The summed E-state index contributed by atoms with van der Waals surface area (Å²) in [6.45, 7) is 0. The second kappa shape index (κ2) is 2.77. The number of allylic oxidation sites excluding steroid dienone is 1. The molecule has 0 bridgehead atoms. The lowest BCUT2D eigenvalue weighted by Crippen LogP contribution is -1.81. The first-order chi connectivity index (χ1) is 5.88. The van der Waals surface area contributed by atoms with Gasteiger partial charge in [-0.2, -0.15) is 0 Å². The molecule has 3 heteroatoms. The van der Waals surface area contributed by atoms with Crippen molar-refractivity contribution in [1.29, 1.82) is 0 Å². The number of rotatable bonds is 1. The minimum atomic E-state index is 0.183. The molecule has 0 aliphatic carbocycles. The highest BCUT2D eigenvalue weighted by Crippen LogP contribution is 2.26. The van der Waals surface area contributed by atoms with E-state index in [1.807, 2.05) is 12.3 Å². The molecule has 0 amide bonds. The summed E-state index contributed by atoms with van der Waals surface area (Å²) in [5.41, 5.74) is 1.58. The molecule has 0 fully saturated rings. The van der Waals surface area contributed by atoms with E-state index in [1.165, 1.54) is 6.20 Å². The molecule has 1 aromatic rings.